The molecule has 0 aromatic heterocycles. The van der Waals surface area contributed by atoms with Crippen molar-refractivity contribution >= 4 is 36.5 Å². The van der Waals surface area contributed by atoms with Crippen molar-refractivity contribution in [2.45, 2.75) is 0 Å². The lowest BCUT2D eigenvalue weighted by Gasteiger charge is -2.05. The van der Waals surface area contributed by atoms with E-state index in [0.717, 1.165) is 15.8 Å². The Kier molecular flexibility index (Phi) is 2.08. The zero-order valence-corrected chi connectivity index (χ0v) is 7.16. The molecule has 44 valence electrons. The van der Waals surface area contributed by atoms with Gasteiger partial charge in [0.25, 0.3) is 0 Å². The third-order valence-electron chi connectivity index (χ3n) is 0.721. The Balaban J connectivity index is 2.65. The van der Waals surface area contributed by atoms with Crippen LogP contribution in [0, 0.1) is 0 Å². The maximum absolute atomic E-state index is 3.97. The molecule has 0 atom stereocenters. The molecular weight excluding hydrogens is 236 g/mol. The number of rotatable bonds is 0. The van der Waals surface area contributed by atoms with E-state index in [1.807, 2.05) is 0 Å². The fourth-order valence-electron chi connectivity index (χ4n) is 0.375. The van der Waals surface area contributed by atoms with Crippen molar-refractivity contribution in [3.63, 3.8) is 0 Å². The molecule has 1 heterocycles. The quantitative estimate of drug-likeness (QED) is 0.638. The maximum atomic E-state index is 3.97. The molecule has 4 heteroatoms. The molecule has 0 aromatic carbocycles. The van der Waals surface area contributed by atoms with Gasteiger partial charge in [-0.1, -0.05) is 0 Å². The monoisotopic (exact) mass is 238 g/mol. The average molecular weight is 240 g/mol. The molecule has 1 N–H and O–H groups in total. The highest BCUT2D eigenvalue weighted by molar-refractivity contribution is 9.18. The molecule has 0 unspecified atom stereocenters. The number of halogens is 2. The first-order valence-electron chi connectivity index (χ1n) is 2.11. The lowest BCUT2D eigenvalue weighted by Crippen LogP contribution is -2.18. The second-order valence-electron chi connectivity index (χ2n) is 1.34. The molecule has 0 saturated heterocycles. The fraction of sp³-hybridized carbons (Fsp3) is 0.250. The molecule has 0 aromatic rings. The maximum Gasteiger partial charge on any atom is 0.102 e. The summed E-state index contributed by atoms with van der Waals surface area (Å²) in [7, 11) is 0. The van der Waals surface area contributed by atoms with E-state index >= 15 is 0 Å². The van der Waals surface area contributed by atoms with E-state index in [4.69, 9.17) is 0 Å². The average Bonchev–Trinajstić information content (AvgIpc) is 1.77. The van der Waals surface area contributed by atoms with Crippen LogP contribution in [-0.2, 0) is 0 Å². The van der Waals surface area contributed by atoms with Gasteiger partial charge in [-0.15, -0.1) is 0 Å². The molecule has 2 nitrogen and oxygen atoms in total. The molecule has 0 saturated carbocycles. The molecule has 8 heavy (non-hydrogen) atoms. The van der Waals surface area contributed by atoms with Gasteiger partial charge in [-0.3, -0.25) is 0 Å². The third kappa shape index (κ3) is 1.59. The predicted octanol–water partition coefficient (Wildman–Crippen LogP) is 1.58. The van der Waals surface area contributed by atoms with Crippen LogP contribution in [0.4, 0.5) is 0 Å². The molecule has 0 amide bonds. The molecule has 1 aliphatic rings. The van der Waals surface area contributed by atoms with Crippen molar-refractivity contribution in [2.24, 2.45) is 4.99 Å². The van der Waals surface area contributed by atoms with Crippen LogP contribution in [-0.4, -0.2) is 11.2 Å². The zero-order chi connectivity index (χ0) is 5.98. The van der Waals surface area contributed by atoms with Crippen LogP contribution < -0.4 is 5.32 Å². The minimum Gasteiger partial charge on any atom is -0.372 e. The van der Waals surface area contributed by atoms with Crippen molar-refractivity contribution in [2.75, 3.05) is 6.54 Å². The first kappa shape index (κ1) is 6.29. The second-order valence-corrected chi connectivity index (χ2v) is 3.11. The number of hydrogen-bond acceptors (Lipinski definition) is 2. The van der Waals surface area contributed by atoms with Crippen LogP contribution in [0.3, 0.4) is 0 Å². The Bertz CT molecular complexity index is 132. The van der Waals surface area contributed by atoms with Crippen molar-refractivity contribution < 1.29 is 0 Å². The van der Waals surface area contributed by atoms with Gasteiger partial charge < -0.3 is 5.32 Å². The summed E-state index contributed by atoms with van der Waals surface area (Å²) in [4.78, 5) is 3.97. The predicted molar refractivity (Wildman–Crippen MR) is 41.4 cm³/mol. The first-order chi connectivity index (χ1) is 3.79. The first-order valence-corrected chi connectivity index (χ1v) is 3.69. The highest BCUT2D eigenvalue weighted by atomic mass is 79.9. The molecule has 0 radical (unpaired) electrons. The smallest absolute Gasteiger partial charge is 0.102 e. The SMILES string of the molecule is BrC1=CN=C(Br)CN1. The number of hydrogen-bond donors (Lipinski definition) is 1. The van der Waals surface area contributed by atoms with E-state index in [0.29, 0.717) is 0 Å². The number of aliphatic imine (C=N–C) groups is 1. The van der Waals surface area contributed by atoms with Crippen molar-refractivity contribution in [3.8, 4) is 0 Å². The zero-order valence-electron chi connectivity index (χ0n) is 3.99. The van der Waals surface area contributed by atoms with Crippen LogP contribution >= 0.6 is 31.9 Å². The molecule has 0 spiro atoms. The summed E-state index contributed by atoms with van der Waals surface area (Å²) in [5, 5.41) is 3.03. The Morgan fingerprint density at radius 1 is 1.62 bits per heavy atom. The Hall–Kier alpha value is 0.170. The van der Waals surface area contributed by atoms with Crippen molar-refractivity contribution in [3.05, 3.63) is 10.8 Å². The van der Waals surface area contributed by atoms with Gasteiger partial charge in [-0.05, 0) is 31.9 Å². The standard InChI is InChI=1S/C4H4Br2N2/c5-3-1-7-4(6)2-8-3/h1,8H,2H2. The summed E-state index contributed by atoms with van der Waals surface area (Å²) in [6.45, 7) is 0.775. The van der Waals surface area contributed by atoms with Crippen molar-refractivity contribution in [1.29, 1.82) is 0 Å². The van der Waals surface area contributed by atoms with Crippen LogP contribution in [0.15, 0.2) is 15.8 Å². The fourth-order valence-corrected chi connectivity index (χ4v) is 0.860. The second kappa shape index (κ2) is 2.64. The molecular formula is C4H4Br2N2. The van der Waals surface area contributed by atoms with Gasteiger partial charge >= 0.3 is 0 Å². The van der Waals surface area contributed by atoms with Gasteiger partial charge in [-0.2, -0.15) is 0 Å². The number of nitrogens with one attached hydrogen (secondary N) is 1. The van der Waals surface area contributed by atoms with E-state index in [-0.39, 0.29) is 0 Å². The highest BCUT2D eigenvalue weighted by Crippen LogP contribution is 2.05. The summed E-state index contributed by atoms with van der Waals surface area (Å²) in [5.74, 6) is 0. The lowest BCUT2D eigenvalue weighted by molar-refractivity contribution is 0.987. The van der Waals surface area contributed by atoms with Gasteiger partial charge in [0.05, 0.1) is 17.4 Å². The summed E-state index contributed by atoms with van der Waals surface area (Å²) in [6.07, 6.45) is 1.72. The van der Waals surface area contributed by atoms with Gasteiger partial charge in [-0.25, -0.2) is 4.99 Å². The minimum atomic E-state index is 0.775. The largest absolute Gasteiger partial charge is 0.372 e. The normalized spacial score (nSPS) is 18.8. The van der Waals surface area contributed by atoms with Crippen LogP contribution in [0.25, 0.3) is 0 Å². The van der Waals surface area contributed by atoms with E-state index in [2.05, 4.69) is 42.2 Å². The van der Waals surface area contributed by atoms with E-state index in [1.54, 1.807) is 6.20 Å². The molecule has 1 rings (SSSR count). The molecule has 0 aliphatic carbocycles. The van der Waals surface area contributed by atoms with Crippen LogP contribution in [0.5, 0.6) is 0 Å². The number of nitrogens with zero attached hydrogens (tertiary/aromatic N) is 1. The van der Waals surface area contributed by atoms with Crippen molar-refractivity contribution in [1.82, 2.24) is 5.32 Å². The highest BCUT2D eigenvalue weighted by Gasteiger charge is 1.98. The van der Waals surface area contributed by atoms with Crippen LogP contribution in [0.1, 0.15) is 0 Å². The van der Waals surface area contributed by atoms with Gasteiger partial charge in [0.15, 0.2) is 0 Å². The van der Waals surface area contributed by atoms with E-state index < -0.39 is 0 Å². The minimum absolute atomic E-state index is 0.775. The van der Waals surface area contributed by atoms with E-state index in [9.17, 15) is 0 Å². The summed E-state index contributed by atoms with van der Waals surface area (Å²) >= 11 is 6.48. The summed E-state index contributed by atoms with van der Waals surface area (Å²) < 4.78 is 1.86. The Morgan fingerprint density at radius 3 is 2.75 bits per heavy atom. The lowest BCUT2D eigenvalue weighted by atomic mass is 10.6. The van der Waals surface area contributed by atoms with Crippen LogP contribution in [0.2, 0.25) is 0 Å². The Morgan fingerprint density at radius 2 is 2.38 bits per heavy atom. The summed E-state index contributed by atoms with van der Waals surface area (Å²) in [5.41, 5.74) is 0. The molecule has 0 bridgehead atoms. The van der Waals surface area contributed by atoms with Gasteiger partial charge in [0, 0.05) is 0 Å². The third-order valence-corrected chi connectivity index (χ3v) is 1.69. The molecule has 1 aliphatic heterocycles. The Labute approximate surface area is 64.3 Å². The topological polar surface area (TPSA) is 24.4 Å². The summed E-state index contributed by atoms with van der Waals surface area (Å²) in [6, 6.07) is 0. The van der Waals surface area contributed by atoms with Gasteiger partial charge in [0.2, 0.25) is 0 Å². The molecule has 0 fully saturated rings. The van der Waals surface area contributed by atoms with Gasteiger partial charge in [0.1, 0.15) is 4.62 Å². The van der Waals surface area contributed by atoms with E-state index in [1.165, 1.54) is 0 Å².